The summed E-state index contributed by atoms with van der Waals surface area (Å²) in [5.41, 5.74) is 0. The standard InChI is InChI=1S/C5H5N.C3H4N2.C2H3N3/c1-2-4-6-5-3-1;1-2-5-3-4-1;1-3-2-5-4-1/h1-5H;1-3H,(H,4,5);1-2H,(H,3,4,5). The number of aromatic amines is 2. The van der Waals surface area contributed by atoms with Crippen molar-refractivity contribution in [3.8, 4) is 0 Å². The Morgan fingerprint density at radius 2 is 1.62 bits per heavy atom. The van der Waals surface area contributed by atoms with Crippen molar-refractivity contribution >= 4 is 0 Å². The number of hydrogen-bond acceptors (Lipinski definition) is 4. The molecule has 0 fully saturated rings. The van der Waals surface area contributed by atoms with E-state index in [4.69, 9.17) is 0 Å². The second kappa shape index (κ2) is 9.07. The van der Waals surface area contributed by atoms with Crippen LogP contribution in [0.5, 0.6) is 0 Å². The van der Waals surface area contributed by atoms with E-state index in [2.05, 4.69) is 30.1 Å². The minimum atomic E-state index is 1.44. The van der Waals surface area contributed by atoms with E-state index in [-0.39, 0.29) is 0 Å². The summed E-state index contributed by atoms with van der Waals surface area (Å²) in [4.78, 5) is 13.8. The highest BCUT2D eigenvalue weighted by atomic mass is 15.2. The molecule has 0 spiro atoms. The van der Waals surface area contributed by atoms with Crippen molar-refractivity contribution in [2.24, 2.45) is 0 Å². The Bertz CT molecular complexity index is 307. The van der Waals surface area contributed by atoms with Crippen molar-refractivity contribution in [2.75, 3.05) is 0 Å². The number of hydrogen-bond donors (Lipinski definition) is 2. The largest absolute Gasteiger partial charge is 0.351 e. The van der Waals surface area contributed by atoms with Gasteiger partial charge in [-0.15, -0.1) is 0 Å². The quantitative estimate of drug-likeness (QED) is 0.593. The molecular weight excluding hydrogens is 204 g/mol. The lowest BCUT2D eigenvalue weighted by molar-refractivity contribution is 1.09. The minimum Gasteiger partial charge on any atom is -0.351 e. The normalized spacial score (nSPS) is 8.00. The molecule has 0 unspecified atom stereocenters. The Kier molecular flexibility index (Phi) is 6.56. The first-order chi connectivity index (χ1) is 8.00. The zero-order valence-corrected chi connectivity index (χ0v) is 8.56. The van der Waals surface area contributed by atoms with E-state index >= 15 is 0 Å². The van der Waals surface area contributed by atoms with Crippen LogP contribution in [0.15, 0.2) is 62.0 Å². The summed E-state index contributed by atoms with van der Waals surface area (Å²) in [5, 5.41) is 5.99. The number of nitrogens with zero attached hydrogens (tertiary/aromatic N) is 4. The van der Waals surface area contributed by atoms with E-state index in [0.29, 0.717) is 0 Å². The van der Waals surface area contributed by atoms with Gasteiger partial charge in [-0.05, 0) is 12.1 Å². The minimum absolute atomic E-state index is 1.44. The Morgan fingerprint density at radius 1 is 0.750 bits per heavy atom. The molecule has 0 aliphatic rings. The highest BCUT2D eigenvalue weighted by Crippen LogP contribution is 1.73. The number of pyridine rings is 1. The lowest BCUT2D eigenvalue weighted by atomic mass is 10.5. The van der Waals surface area contributed by atoms with Gasteiger partial charge < -0.3 is 4.98 Å². The Labute approximate surface area is 92.8 Å². The van der Waals surface area contributed by atoms with Gasteiger partial charge in [-0.2, -0.15) is 5.10 Å². The zero-order valence-electron chi connectivity index (χ0n) is 8.56. The summed E-state index contributed by atoms with van der Waals surface area (Å²) < 4.78 is 0. The van der Waals surface area contributed by atoms with Crippen molar-refractivity contribution in [2.45, 2.75) is 0 Å². The highest BCUT2D eigenvalue weighted by Gasteiger charge is 1.58. The van der Waals surface area contributed by atoms with Crippen LogP contribution in [0.2, 0.25) is 0 Å². The van der Waals surface area contributed by atoms with Crippen LogP contribution in [-0.2, 0) is 0 Å². The first-order valence-electron chi connectivity index (χ1n) is 4.56. The van der Waals surface area contributed by atoms with Gasteiger partial charge in [0.05, 0.1) is 6.33 Å². The Balaban J connectivity index is 0.000000121. The van der Waals surface area contributed by atoms with Crippen LogP contribution < -0.4 is 0 Å². The van der Waals surface area contributed by atoms with Crippen LogP contribution in [0.4, 0.5) is 0 Å². The van der Waals surface area contributed by atoms with Gasteiger partial charge >= 0.3 is 0 Å². The summed E-state index contributed by atoms with van der Waals surface area (Å²) in [6, 6.07) is 5.72. The fourth-order valence-electron chi connectivity index (χ4n) is 0.694. The number of H-pyrrole nitrogens is 2. The van der Waals surface area contributed by atoms with E-state index in [0.717, 1.165) is 0 Å². The third kappa shape index (κ3) is 6.96. The molecule has 0 amide bonds. The molecule has 6 heteroatoms. The lowest BCUT2D eigenvalue weighted by Gasteiger charge is -1.70. The van der Waals surface area contributed by atoms with E-state index in [1.54, 1.807) is 31.1 Å². The monoisotopic (exact) mass is 216 g/mol. The van der Waals surface area contributed by atoms with Gasteiger partial charge in [0.15, 0.2) is 0 Å². The predicted molar refractivity (Wildman–Crippen MR) is 59.2 cm³/mol. The fourth-order valence-corrected chi connectivity index (χ4v) is 0.694. The van der Waals surface area contributed by atoms with Gasteiger partial charge in [0, 0.05) is 24.8 Å². The molecule has 3 heterocycles. The molecule has 0 aromatic carbocycles. The van der Waals surface area contributed by atoms with Crippen molar-refractivity contribution in [1.82, 2.24) is 30.1 Å². The van der Waals surface area contributed by atoms with E-state index in [9.17, 15) is 0 Å². The number of rotatable bonds is 0. The summed E-state index contributed by atoms with van der Waals surface area (Å²) in [6.45, 7) is 0. The van der Waals surface area contributed by atoms with Crippen molar-refractivity contribution < 1.29 is 0 Å². The summed E-state index contributed by atoms with van der Waals surface area (Å²) in [5.74, 6) is 0. The molecule has 0 saturated carbocycles. The molecule has 0 bridgehead atoms. The number of nitrogens with one attached hydrogen (secondary N) is 2. The molecule has 3 aromatic rings. The van der Waals surface area contributed by atoms with Crippen molar-refractivity contribution in [3.05, 3.63) is 62.0 Å². The Morgan fingerprint density at radius 3 is 1.81 bits per heavy atom. The van der Waals surface area contributed by atoms with Crippen LogP contribution >= 0.6 is 0 Å². The van der Waals surface area contributed by atoms with Gasteiger partial charge in [0.25, 0.3) is 0 Å². The molecule has 3 aromatic heterocycles. The maximum absolute atomic E-state index is 3.78. The van der Waals surface area contributed by atoms with Gasteiger partial charge in [-0.3, -0.25) is 10.1 Å². The van der Waals surface area contributed by atoms with Crippen molar-refractivity contribution in [1.29, 1.82) is 0 Å². The SMILES string of the molecule is c1c[nH]cn1.c1ccncc1.c1nc[nH]n1. The third-order valence-electron chi connectivity index (χ3n) is 1.30. The molecule has 2 N–H and O–H groups in total. The molecule has 6 nitrogen and oxygen atoms in total. The Hall–Kier alpha value is -2.50. The third-order valence-corrected chi connectivity index (χ3v) is 1.30. The van der Waals surface area contributed by atoms with Gasteiger partial charge in [-0.1, -0.05) is 6.07 Å². The molecule has 0 aliphatic heterocycles. The molecule has 3 rings (SSSR count). The smallest absolute Gasteiger partial charge is 0.137 e. The maximum Gasteiger partial charge on any atom is 0.137 e. The zero-order chi connectivity index (χ0) is 11.3. The van der Waals surface area contributed by atoms with Crippen molar-refractivity contribution in [3.63, 3.8) is 0 Å². The molecule has 0 saturated heterocycles. The molecule has 0 aliphatic carbocycles. The van der Waals surface area contributed by atoms with Crippen LogP contribution in [0.1, 0.15) is 0 Å². The van der Waals surface area contributed by atoms with E-state index in [1.165, 1.54) is 12.7 Å². The first kappa shape index (κ1) is 11.6. The number of aromatic nitrogens is 6. The fraction of sp³-hybridized carbons (Fsp3) is 0. The molecule has 16 heavy (non-hydrogen) atoms. The molecular formula is C10H12N6. The van der Waals surface area contributed by atoms with Crippen LogP contribution in [0.25, 0.3) is 0 Å². The van der Waals surface area contributed by atoms with E-state index < -0.39 is 0 Å². The molecule has 82 valence electrons. The summed E-state index contributed by atoms with van der Waals surface area (Å²) in [6.07, 6.45) is 11.5. The topological polar surface area (TPSA) is 83.1 Å². The second-order valence-corrected chi connectivity index (χ2v) is 2.44. The maximum atomic E-state index is 3.78. The summed E-state index contributed by atoms with van der Waals surface area (Å²) in [7, 11) is 0. The van der Waals surface area contributed by atoms with E-state index in [1.807, 2.05) is 18.2 Å². The average molecular weight is 216 g/mol. The number of imidazole rings is 1. The van der Waals surface area contributed by atoms with Gasteiger partial charge in [0.2, 0.25) is 0 Å². The van der Waals surface area contributed by atoms with Gasteiger partial charge in [-0.25, -0.2) is 9.97 Å². The first-order valence-corrected chi connectivity index (χ1v) is 4.56. The van der Waals surface area contributed by atoms with Gasteiger partial charge in [0.1, 0.15) is 12.7 Å². The molecule has 0 atom stereocenters. The molecule has 0 radical (unpaired) electrons. The van der Waals surface area contributed by atoms with Crippen LogP contribution in [0, 0.1) is 0 Å². The highest BCUT2D eigenvalue weighted by molar-refractivity contribution is 4.88. The lowest BCUT2D eigenvalue weighted by Crippen LogP contribution is -1.58. The van der Waals surface area contributed by atoms with Crippen LogP contribution in [0.3, 0.4) is 0 Å². The van der Waals surface area contributed by atoms with Crippen LogP contribution in [-0.4, -0.2) is 30.1 Å². The predicted octanol–water partition coefficient (Wildman–Crippen LogP) is 1.30. The average Bonchev–Trinajstić information content (AvgIpc) is 3.10. The second-order valence-electron chi connectivity index (χ2n) is 2.44. The summed E-state index contributed by atoms with van der Waals surface area (Å²) >= 11 is 0.